The largest absolute Gasteiger partial charge is 0.378 e. The third kappa shape index (κ3) is 2.53. The van der Waals surface area contributed by atoms with Crippen LogP contribution in [0.25, 0.3) is 0 Å². The zero-order valence-electron chi connectivity index (χ0n) is 9.62. The van der Waals surface area contributed by atoms with Crippen molar-refractivity contribution in [2.24, 2.45) is 0 Å². The van der Waals surface area contributed by atoms with Crippen LogP contribution < -0.4 is 5.43 Å². The summed E-state index contributed by atoms with van der Waals surface area (Å²) >= 11 is 0. The van der Waals surface area contributed by atoms with Crippen molar-refractivity contribution < 1.29 is 4.74 Å². The minimum Gasteiger partial charge on any atom is -0.378 e. The third-order valence-electron chi connectivity index (χ3n) is 3.03. The molecular weight excluding hydrogens is 188 g/mol. The molecule has 1 unspecified atom stereocenters. The number of hydrogen-bond acceptors (Lipinski definition) is 2. The molecule has 3 heteroatoms. The van der Waals surface area contributed by atoms with Gasteiger partial charge in [-0.05, 0) is 45.2 Å². The molecule has 3 nitrogen and oxygen atoms in total. The summed E-state index contributed by atoms with van der Waals surface area (Å²) in [6.45, 7) is 6.17. The normalized spacial score (nSPS) is 20.8. The topological polar surface area (TPSA) is 26.2 Å². The summed E-state index contributed by atoms with van der Waals surface area (Å²) < 4.78 is 7.73. The van der Waals surface area contributed by atoms with Crippen molar-refractivity contribution in [2.75, 3.05) is 18.6 Å². The highest BCUT2D eigenvalue weighted by Gasteiger charge is 2.14. The number of aryl methyl sites for hydroxylation is 2. The second-order valence-electron chi connectivity index (χ2n) is 4.28. The molecule has 1 atom stereocenters. The molecule has 1 aliphatic heterocycles. The standard InChI is InChI=1S/C12H20N2O/c1-10-5-6-11(2)14(10)13-8-7-12-4-3-9-15-12/h5-6,12-13H,3-4,7-9H2,1-2H3. The fraction of sp³-hybridized carbons (Fsp3) is 0.667. The Morgan fingerprint density at radius 1 is 1.40 bits per heavy atom. The van der Waals surface area contributed by atoms with Gasteiger partial charge in [0.25, 0.3) is 0 Å². The van der Waals surface area contributed by atoms with Crippen LogP contribution in [-0.4, -0.2) is 23.9 Å². The Labute approximate surface area is 91.4 Å². The maximum absolute atomic E-state index is 5.58. The van der Waals surface area contributed by atoms with Crippen LogP contribution in [0, 0.1) is 13.8 Å². The Morgan fingerprint density at radius 3 is 2.73 bits per heavy atom. The molecular formula is C12H20N2O. The molecule has 1 aromatic rings. The number of aromatic nitrogens is 1. The van der Waals surface area contributed by atoms with E-state index in [9.17, 15) is 0 Å². The molecule has 0 spiro atoms. The fourth-order valence-electron chi connectivity index (χ4n) is 2.13. The number of nitrogens with one attached hydrogen (secondary N) is 1. The zero-order valence-corrected chi connectivity index (χ0v) is 9.62. The number of nitrogens with zero attached hydrogens (tertiary/aromatic N) is 1. The molecule has 0 aromatic carbocycles. The van der Waals surface area contributed by atoms with E-state index in [1.807, 2.05) is 0 Å². The van der Waals surface area contributed by atoms with E-state index in [4.69, 9.17) is 4.74 Å². The van der Waals surface area contributed by atoms with Crippen LogP contribution in [0.4, 0.5) is 0 Å². The number of ether oxygens (including phenoxy) is 1. The minimum atomic E-state index is 0.480. The van der Waals surface area contributed by atoms with Gasteiger partial charge in [-0.3, -0.25) is 4.68 Å². The van der Waals surface area contributed by atoms with Crippen molar-refractivity contribution in [3.05, 3.63) is 23.5 Å². The molecule has 1 aromatic heterocycles. The lowest BCUT2D eigenvalue weighted by Crippen LogP contribution is -2.21. The molecule has 1 aliphatic rings. The number of rotatable bonds is 4. The Bertz CT molecular complexity index is 294. The smallest absolute Gasteiger partial charge is 0.0593 e. The van der Waals surface area contributed by atoms with Crippen LogP contribution in [0.3, 0.4) is 0 Å². The SMILES string of the molecule is Cc1ccc(C)n1NCCC1CCCO1. The molecule has 0 aliphatic carbocycles. The first-order chi connectivity index (χ1) is 7.27. The van der Waals surface area contributed by atoms with Crippen LogP contribution in [0.15, 0.2) is 12.1 Å². The van der Waals surface area contributed by atoms with Crippen LogP contribution >= 0.6 is 0 Å². The van der Waals surface area contributed by atoms with Gasteiger partial charge in [-0.1, -0.05) is 0 Å². The Kier molecular flexibility index (Phi) is 3.31. The predicted molar refractivity (Wildman–Crippen MR) is 61.7 cm³/mol. The summed E-state index contributed by atoms with van der Waals surface area (Å²) in [5.74, 6) is 0. The predicted octanol–water partition coefficient (Wildman–Crippen LogP) is 2.22. The van der Waals surface area contributed by atoms with Gasteiger partial charge in [0.05, 0.1) is 6.10 Å². The van der Waals surface area contributed by atoms with Crippen molar-refractivity contribution in [2.45, 2.75) is 39.2 Å². The lowest BCUT2D eigenvalue weighted by Gasteiger charge is -2.14. The van der Waals surface area contributed by atoms with E-state index >= 15 is 0 Å². The third-order valence-corrected chi connectivity index (χ3v) is 3.03. The maximum Gasteiger partial charge on any atom is 0.0593 e. The second kappa shape index (κ2) is 4.71. The van der Waals surface area contributed by atoms with Crippen molar-refractivity contribution in [3.63, 3.8) is 0 Å². The van der Waals surface area contributed by atoms with E-state index in [1.165, 1.54) is 24.2 Å². The highest BCUT2D eigenvalue weighted by atomic mass is 16.5. The second-order valence-corrected chi connectivity index (χ2v) is 4.28. The summed E-state index contributed by atoms with van der Waals surface area (Å²) in [6.07, 6.45) is 4.04. The average Bonchev–Trinajstić information content (AvgIpc) is 2.82. The molecule has 0 bridgehead atoms. The summed E-state index contributed by atoms with van der Waals surface area (Å²) in [6, 6.07) is 4.27. The van der Waals surface area contributed by atoms with Crippen LogP contribution in [0.2, 0.25) is 0 Å². The van der Waals surface area contributed by atoms with E-state index < -0.39 is 0 Å². The quantitative estimate of drug-likeness (QED) is 0.821. The highest BCUT2D eigenvalue weighted by Crippen LogP contribution is 2.14. The van der Waals surface area contributed by atoms with E-state index in [2.05, 4.69) is 36.1 Å². The van der Waals surface area contributed by atoms with Crippen molar-refractivity contribution >= 4 is 0 Å². The molecule has 0 saturated carbocycles. The summed E-state index contributed by atoms with van der Waals surface area (Å²) in [4.78, 5) is 0. The molecule has 2 rings (SSSR count). The molecule has 0 radical (unpaired) electrons. The molecule has 84 valence electrons. The zero-order chi connectivity index (χ0) is 10.7. The molecule has 15 heavy (non-hydrogen) atoms. The molecule has 2 heterocycles. The summed E-state index contributed by atoms with van der Waals surface area (Å²) in [7, 11) is 0. The first-order valence-corrected chi connectivity index (χ1v) is 5.78. The molecule has 1 N–H and O–H groups in total. The lowest BCUT2D eigenvalue weighted by molar-refractivity contribution is 0.106. The van der Waals surface area contributed by atoms with Gasteiger partial charge in [-0.25, -0.2) is 0 Å². The van der Waals surface area contributed by atoms with Crippen molar-refractivity contribution in [1.29, 1.82) is 0 Å². The van der Waals surface area contributed by atoms with Gasteiger partial charge in [-0.15, -0.1) is 0 Å². The monoisotopic (exact) mass is 208 g/mol. The summed E-state index contributed by atoms with van der Waals surface area (Å²) in [5, 5.41) is 0. The Hall–Kier alpha value is -0.960. The van der Waals surface area contributed by atoms with Gasteiger partial charge in [0.2, 0.25) is 0 Å². The average molecular weight is 208 g/mol. The van der Waals surface area contributed by atoms with Crippen molar-refractivity contribution in [3.8, 4) is 0 Å². The van der Waals surface area contributed by atoms with Gasteiger partial charge >= 0.3 is 0 Å². The Morgan fingerprint density at radius 2 is 2.13 bits per heavy atom. The van der Waals surface area contributed by atoms with Crippen LogP contribution in [-0.2, 0) is 4.74 Å². The van der Waals surface area contributed by atoms with Crippen molar-refractivity contribution in [1.82, 2.24) is 4.68 Å². The van der Waals surface area contributed by atoms with Gasteiger partial charge in [-0.2, -0.15) is 0 Å². The lowest BCUT2D eigenvalue weighted by atomic mass is 10.2. The van der Waals surface area contributed by atoms with E-state index in [0.717, 1.165) is 19.6 Å². The number of hydrogen-bond donors (Lipinski definition) is 1. The molecule has 0 amide bonds. The van der Waals surface area contributed by atoms with E-state index in [0.29, 0.717) is 6.10 Å². The fourth-order valence-corrected chi connectivity index (χ4v) is 2.13. The van der Waals surface area contributed by atoms with Gasteiger partial charge in [0.1, 0.15) is 0 Å². The molecule has 1 saturated heterocycles. The Balaban J connectivity index is 1.77. The first kappa shape index (κ1) is 10.6. The van der Waals surface area contributed by atoms with Crippen LogP contribution in [0.5, 0.6) is 0 Å². The minimum absolute atomic E-state index is 0.480. The van der Waals surface area contributed by atoms with Gasteiger partial charge in [0.15, 0.2) is 0 Å². The van der Waals surface area contributed by atoms with Crippen LogP contribution in [0.1, 0.15) is 30.7 Å². The van der Waals surface area contributed by atoms with Gasteiger partial charge in [0, 0.05) is 24.5 Å². The van der Waals surface area contributed by atoms with E-state index in [-0.39, 0.29) is 0 Å². The van der Waals surface area contributed by atoms with Gasteiger partial charge < -0.3 is 10.2 Å². The molecule has 1 fully saturated rings. The maximum atomic E-state index is 5.58. The highest BCUT2D eigenvalue weighted by molar-refractivity contribution is 5.15. The first-order valence-electron chi connectivity index (χ1n) is 5.78. The van der Waals surface area contributed by atoms with E-state index in [1.54, 1.807) is 0 Å². The summed E-state index contributed by atoms with van der Waals surface area (Å²) in [5.41, 5.74) is 5.95.